The second-order valence-corrected chi connectivity index (χ2v) is 7.07. The smallest absolute Gasteiger partial charge is 0.349 e. The molecule has 1 amide bonds. The molecule has 0 spiro atoms. The highest BCUT2D eigenvalue weighted by Crippen LogP contribution is 2.20. The summed E-state index contributed by atoms with van der Waals surface area (Å²) < 4.78 is 11.2. The molecule has 0 unspecified atom stereocenters. The van der Waals surface area contributed by atoms with E-state index in [9.17, 15) is 14.4 Å². The van der Waals surface area contributed by atoms with Crippen LogP contribution in [0.25, 0.3) is 11.0 Å². The SMILES string of the molecule is CCCCOC(=O)c1ccc(NC(=O)c2cc3cc(Br)ccc3oc2=O)cc1. The highest BCUT2D eigenvalue weighted by Gasteiger charge is 2.15. The molecule has 0 atom stereocenters. The molecular weight excluding hydrogens is 426 g/mol. The molecule has 7 heteroatoms. The molecule has 0 bridgehead atoms. The quantitative estimate of drug-likeness (QED) is 0.337. The van der Waals surface area contributed by atoms with Gasteiger partial charge in [-0.05, 0) is 55.0 Å². The number of nitrogens with one attached hydrogen (secondary N) is 1. The highest BCUT2D eigenvalue weighted by molar-refractivity contribution is 9.10. The second-order valence-electron chi connectivity index (χ2n) is 6.15. The zero-order valence-corrected chi connectivity index (χ0v) is 16.7. The van der Waals surface area contributed by atoms with Crippen LogP contribution in [-0.2, 0) is 4.74 Å². The Labute approximate surface area is 169 Å². The van der Waals surface area contributed by atoms with Crippen LogP contribution in [0, 0.1) is 0 Å². The first-order valence-electron chi connectivity index (χ1n) is 8.80. The van der Waals surface area contributed by atoms with E-state index in [1.807, 2.05) is 6.92 Å². The van der Waals surface area contributed by atoms with E-state index in [-0.39, 0.29) is 5.56 Å². The number of rotatable bonds is 6. The van der Waals surface area contributed by atoms with Crippen LogP contribution in [0.5, 0.6) is 0 Å². The van der Waals surface area contributed by atoms with E-state index in [0.717, 1.165) is 17.3 Å². The van der Waals surface area contributed by atoms with Crippen molar-refractivity contribution < 1.29 is 18.7 Å². The van der Waals surface area contributed by atoms with Crippen LogP contribution < -0.4 is 10.9 Å². The summed E-state index contributed by atoms with van der Waals surface area (Å²) in [6.07, 6.45) is 1.75. The summed E-state index contributed by atoms with van der Waals surface area (Å²) in [7, 11) is 0. The molecule has 3 rings (SSSR count). The Bertz CT molecular complexity index is 1070. The molecule has 28 heavy (non-hydrogen) atoms. The largest absolute Gasteiger partial charge is 0.462 e. The van der Waals surface area contributed by atoms with E-state index < -0.39 is 17.5 Å². The van der Waals surface area contributed by atoms with Crippen molar-refractivity contribution >= 4 is 44.5 Å². The van der Waals surface area contributed by atoms with E-state index in [4.69, 9.17) is 9.15 Å². The fourth-order valence-electron chi connectivity index (χ4n) is 2.53. The standard InChI is InChI=1S/C21H18BrNO5/c1-2-3-10-27-20(25)13-4-7-16(8-5-13)23-19(24)17-12-14-11-15(22)6-9-18(14)28-21(17)26/h4-9,11-12H,2-3,10H2,1H3,(H,23,24). The molecule has 6 nitrogen and oxygen atoms in total. The van der Waals surface area contributed by atoms with Gasteiger partial charge in [0, 0.05) is 15.5 Å². The molecule has 1 N–H and O–H groups in total. The van der Waals surface area contributed by atoms with Gasteiger partial charge in [-0.3, -0.25) is 4.79 Å². The molecule has 1 aromatic heterocycles. The molecule has 3 aromatic rings. The van der Waals surface area contributed by atoms with E-state index in [2.05, 4.69) is 21.2 Å². The minimum absolute atomic E-state index is 0.103. The van der Waals surface area contributed by atoms with Gasteiger partial charge in [-0.25, -0.2) is 9.59 Å². The molecule has 0 radical (unpaired) electrons. The van der Waals surface area contributed by atoms with Crippen LogP contribution in [0.1, 0.15) is 40.5 Å². The van der Waals surface area contributed by atoms with Crippen LogP contribution >= 0.6 is 15.9 Å². The number of carbonyl (C=O) groups is 2. The Morgan fingerprint density at radius 1 is 1.11 bits per heavy atom. The summed E-state index contributed by atoms with van der Waals surface area (Å²) in [6.45, 7) is 2.39. The Morgan fingerprint density at radius 2 is 1.86 bits per heavy atom. The third-order valence-corrected chi connectivity index (χ3v) is 4.54. The number of anilines is 1. The lowest BCUT2D eigenvalue weighted by Gasteiger charge is -2.07. The van der Waals surface area contributed by atoms with E-state index in [1.165, 1.54) is 6.07 Å². The number of hydrogen-bond donors (Lipinski definition) is 1. The maximum absolute atomic E-state index is 12.5. The van der Waals surface area contributed by atoms with Crippen LogP contribution in [0.2, 0.25) is 0 Å². The zero-order chi connectivity index (χ0) is 20.1. The van der Waals surface area contributed by atoms with Crippen LogP contribution in [0.3, 0.4) is 0 Å². The molecule has 0 aliphatic heterocycles. The maximum Gasteiger partial charge on any atom is 0.349 e. The summed E-state index contributed by atoms with van der Waals surface area (Å²) in [6, 6.07) is 12.9. The molecule has 144 valence electrons. The van der Waals surface area contributed by atoms with E-state index in [0.29, 0.717) is 28.8 Å². The monoisotopic (exact) mass is 443 g/mol. The van der Waals surface area contributed by atoms with Gasteiger partial charge < -0.3 is 14.5 Å². The van der Waals surface area contributed by atoms with Crippen molar-refractivity contribution in [3.05, 3.63) is 74.6 Å². The zero-order valence-electron chi connectivity index (χ0n) is 15.2. The highest BCUT2D eigenvalue weighted by atomic mass is 79.9. The van der Waals surface area contributed by atoms with E-state index >= 15 is 0 Å². The van der Waals surface area contributed by atoms with Gasteiger partial charge in [0.2, 0.25) is 0 Å². The van der Waals surface area contributed by atoms with Crippen molar-refractivity contribution in [2.24, 2.45) is 0 Å². The number of hydrogen-bond acceptors (Lipinski definition) is 5. The first kappa shape index (κ1) is 19.8. The Kier molecular flexibility index (Phi) is 6.26. The Balaban J connectivity index is 1.74. The Morgan fingerprint density at radius 3 is 2.57 bits per heavy atom. The number of ether oxygens (including phenoxy) is 1. The predicted molar refractivity (Wildman–Crippen MR) is 110 cm³/mol. The minimum Gasteiger partial charge on any atom is -0.462 e. The number of halogens is 1. The molecule has 0 fully saturated rings. The lowest BCUT2D eigenvalue weighted by molar-refractivity contribution is 0.0499. The van der Waals surface area contributed by atoms with Crippen molar-refractivity contribution in [2.45, 2.75) is 19.8 Å². The summed E-state index contributed by atoms with van der Waals surface area (Å²) >= 11 is 3.35. The number of benzene rings is 2. The van der Waals surface area contributed by atoms with Gasteiger partial charge in [-0.1, -0.05) is 29.3 Å². The third kappa shape index (κ3) is 4.67. The second kappa shape index (κ2) is 8.84. The number of esters is 1. The number of unbranched alkanes of at least 4 members (excludes halogenated alkanes) is 1. The van der Waals surface area contributed by atoms with E-state index in [1.54, 1.807) is 42.5 Å². The van der Waals surface area contributed by atoms with Crippen molar-refractivity contribution in [1.29, 1.82) is 0 Å². The predicted octanol–water partition coefficient (Wildman–Crippen LogP) is 4.76. The molecule has 2 aromatic carbocycles. The van der Waals surface area contributed by atoms with Gasteiger partial charge in [-0.15, -0.1) is 0 Å². The lowest BCUT2D eigenvalue weighted by atomic mass is 10.1. The Hall–Kier alpha value is -2.93. The van der Waals surface area contributed by atoms with Crippen LogP contribution in [-0.4, -0.2) is 18.5 Å². The third-order valence-electron chi connectivity index (χ3n) is 4.05. The first-order chi connectivity index (χ1) is 13.5. The molecular formula is C21H18BrNO5. The fourth-order valence-corrected chi connectivity index (χ4v) is 2.91. The molecule has 1 heterocycles. The minimum atomic E-state index is -0.719. The maximum atomic E-state index is 12.5. The molecule has 0 saturated heterocycles. The van der Waals surface area contributed by atoms with Gasteiger partial charge in [0.1, 0.15) is 11.1 Å². The fraction of sp³-hybridized carbons (Fsp3) is 0.190. The topological polar surface area (TPSA) is 85.6 Å². The van der Waals surface area contributed by atoms with Crippen molar-refractivity contribution in [2.75, 3.05) is 11.9 Å². The average Bonchev–Trinajstić information content (AvgIpc) is 2.68. The van der Waals surface area contributed by atoms with Gasteiger partial charge in [0.15, 0.2) is 0 Å². The summed E-state index contributed by atoms with van der Waals surface area (Å²) in [4.78, 5) is 36.5. The van der Waals surface area contributed by atoms with Gasteiger partial charge in [-0.2, -0.15) is 0 Å². The number of amides is 1. The molecule has 0 aliphatic rings. The van der Waals surface area contributed by atoms with Crippen molar-refractivity contribution in [3.63, 3.8) is 0 Å². The summed E-state index contributed by atoms with van der Waals surface area (Å²) in [5.41, 5.74) is 0.417. The van der Waals surface area contributed by atoms with Gasteiger partial charge >= 0.3 is 11.6 Å². The van der Waals surface area contributed by atoms with Crippen LogP contribution in [0.4, 0.5) is 5.69 Å². The molecule has 0 aliphatic carbocycles. The van der Waals surface area contributed by atoms with Gasteiger partial charge in [0.05, 0.1) is 12.2 Å². The summed E-state index contributed by atoms with van der Waals surface area (Å²) in [5, 5.41) is 3.26. The summed E-state index contributed by atoms with van der Waals surface area (Å²) in [5.74, 6) is -0.999. The normalized spacial score (nSPS) is 10.6. The van der Waals surface area contributed by atoms with Gasteiger partial charge in [0.25, 0.3) is 5.91 Å². The molecule has 0 saturated carbocycles. The van der Waals surface area contributed by atoms with Crippen LogP contribution in [0.15, 0.2) is 62.2 Å². The number of fused-ring (bicyclic) bond motifs is 1. The average molecular weight is 444 g/mol. The lowest BCUT2D eigenvalue weighted by Crippen LogP contribution is -2.20. The van der Waals surface area contributed by atoms with Crippen molar-refractivity contribution in [1.82, 2.24) is 0 Å². The number of carbonyl (C=O) groups excluding carboxylic acids is 2. The van der Waals surface area contributed by atoms with Crippen molar-refractivity contribution in [3.8, 4) is 0 Å². The first-order valence-corrected chi connectivity index (χ1v) is 9.59.